The van der Waals surface area contributed by atoms with Crippen molar-refractivity contribution in [2.45, 2.75) is 70.4 Å². The Morgan fingerprint density at radius 1 is 1.09 bits per heavy atom. The zero-order valence-electron chi connectivity index (χ0n) is 26.1. The molecule has 2 saturated heterocycles. The molecule has 0 aliphatic carbocycles. The van der Waals surface area contributed by atoms with Crippen LogP contribution in [0.4, 0.5) is 0 Å². The molecule has 0 radical (unpaired) electrons. The first kappa shape index (κ1) is 33.7. The van der Waals surface area contributed by atoms with Crippen LogP contribution in [0.1, 0.15) is 66.4 Å². The van der Waals surface area contributed by atoms with E-state index in [0.717, 1.165) is 39.5 Å². The molecule has 6 atom stereocenters. The molecule has 3 aliphatic rings. The third-order valence-electron chi connectivity index (χ3n) is 9.42. The third kappa shape index (κ3) is 6.72. The topological polar surface area (TPSA) is 185 Å². The number of carbonyl (C=O) groups excluding carboxylic acids is 2. The minimum absolute atomic E-state index is 0.0666. The van der Waals surface area contributed by atoms with Crippen LogP contribution in [-0.4, -0.2) is 77.9 Å². The Kier molecular flexibility index (Phi) is 9.95. The van der Waals surface area contributed by atoms with E-state index in [0.29, 0.717) is 40.0 Å². The van der Waals surface area contributed by atoms with E-state index in [4.69, 9.17) is 0 Å². The fourth-order valence-electron chi connectivity index (χ4n) is 6.70. The van der Waals surface area contributed by atoms with Gasteiger partial charge in [-0.15, -0.1) is 0 Å². The van der Waals surface area contributed by atoms with Crippen LogP contribution >= 0.6 is 24.4 Å². The molecule has 0 spiro atoms. The number of aliphatic hydroxyl groups excluding tert-OH is 1. The van der Waals surface area contributed by atoms with Crippen molar-refractivity contribution in [1.29, 1.82) is 0 Å². The number of nitrogens with one attached hydrogen (secondary N) is 4. The number of aromatic nitrogens is 2. The quantitative estimate of drug-likeness (QED) is 0.0955. The Hall–Kier alpha value is -3.68. The van der Waals surface area contributed by atoms with Crippen LogP contribution in [0.25, 0.3) is 18.2 Å². The number of carboxylic acid groups (broad SMARTS) is 2. The Morgan fingerprint density at radius 2 is 1.80 bits per heavy atom. The van der Waals surface area contributed by atoms with Crippen molar-refractivity contribution in [2.75, 3.05) is 11.5 Å². The van der Waals surface area contributed by atoms with Gasteiger partial charge in [0.05, 0.1) is 17.8 Å². The average molecular weight is 669 g/mol. The first-order valence-corrected chi connectivity index (χ1v) is 17.0. The van der Waals surface area contributed by atoms with Crippen LogP contribution in [0.15, 0.2) is 17.2 Å². The third-order valence-corrected chi connectivity index (χ3v) is 10.6. The van der Waals surface area contributed by atoms with E-state index in [1.54, 1.807) is 24.8 Å². The lowest BCUT2D eigenvalue weighted by Gasteiger charge is -2.25. The number of carbonyl (C=O) groups is 4. The fourth-order valence-corrected chi connectivity index (χ4v) is 7.72. The van der Waals surface area contributed by atoms with E-state index >= 15 is 0 Å². The molecule has 5 heterocycles. The number of thiol groups is 1. The SMILES string of the molecule is CC1=C([C@H]2CS2)C(=O)N[C@@H]1/C=c1\[nH]/c(=C/c2[nH]c([C@H](O)C3NC(=O)[C@H](C)[C@H]3CCS)c(C)c2/C=C/C(=O)O)c(CCC(=O)O)c1C. The van der Waals surface area contributed by atoms with Crippen molar-refractivity contribution in [3.8, 4) is 0 Å². The van der Waals surface area contributed by atoms with Gasteiger partial charge in [0.15, 0.2) is 0 Å². The highest BCUT2D eigenvalue weighted by atomic mass is 32.2. The molecule has 246 valence electrons. The lowest BCUT2D eigenvalue weighted by Crippen LogP contribution is -2.36. The second-order valence-electron chi connectivity index (χ2n) is 12.2. The number of H-pyrrole nitrogens is 2. The Morgan fingerprint density at radius 3 is 2.43 bits per heavy atom. The van der Waals surface area contributed by atoms with Gasteiger partial charge in [-0.05, 0) is 85.8 Å². The maximum atomic E-state index is 12.7. The van der Waals surface area contributed by atoms with Crippen molar-refractivity contribution in [3.63, 3.8) is 0 Å². The van der Waals surface area contributed by atoms with E-state index in [1.165, 1.54) is 6.08 Å². The highest BCUT2D eigenvalue weighted by molar-refractivity contribution is 8.07. The number of amides is 2. The van der Waals surface area contributed by atoms with E-state index in [9.17, 15) is 34.5 Å². The summed E-state index contributed by atoms with van der Waals surface area (Å²) in [6.07, 6.45) is 5.86. The maximum Gasteiger partial charge on any atom is 0.328 e. The molecule has 2 amide bonds. The van der Waals surface area contributed by atoms with Crippen molar-refractivity contribution in [1.82, 2.24) is 20.6 Å². The smallest absolute Gasteiger partial charge is 0.328 e. The van der Waals surface area contributed by atoms with Gasteiger partial charge >= 0.3 is 11.9 Å². The Balaban J connectivity index is 1.63. The van der Waals surface area contributed by atoms with Gasteiger partial charge in [0.1, 0.15) is 6.10 Å². The minimum atomic E-state index is -1.14. The van der Waals surface area contributed by atoms with Gasteiger partial charge in [-0.25, -0.2) is 4.79 Å². The van der Waals surface area contributed by atoms with Crippen LogP contribution in [0.3, 0.4) is 0 Å². The molecular formula is C33H40N4O7S2. The number of aliphatic hydroxyl groups is 1. The lowest BCUT2D eigenvalue weighted by atomic mass is 9.85. The molecule has 2 aromatic rings. The van der Waals surface area contributed by atoms with Crippen LogP contribution in [-0.2, 0) is 25.6 Å². The van der Waals surface area contributed by atoms with E-state index in [1.807, 2.05) is 26.8 Å². The number of carboxylic acids is 2. The van der Waals surface area contributed by atoms with Gasteiger partial charge in [-0.3, -0.25) is 14.4 Å². The number of thioether (sulfide) groups is 1. The van der Waals surface area contributed by atoms with Crippen LogP contribution in [0, 0.1) is 25.7 Å². The van der Waals surface area contributed by atoms with Crippen molar-refractivity contribution < 1.29 is 34.5 Å². The van der Waals surface area contributed by atoms with Crippen LogP contribution in [0.2, 0.25) is 0 Å². The summed E-state index contributed by atoms with van der Waals surface area (Å²) in [5, 5.41) is 38.1. The normalized spacial score (nSPS) is 25.9. The van der Waals surface area contributed by atoms with E-state index in [2.05, 4.69) is 33.2 Å². The molecule has 2 fully saturated rings. The fraction of sp³-hybridized carbons (Fsp3) is 0.455. The Labute approximate surface area is 276 Å². The van der Waals surface area contributed by atoms with Gasteiger partial charge < -0.3 is 35.9 Å². The highest BCUT2D eigenvalue weighted by Gasteiger charge is 2.43. The van der Waals surface area contributed by atoms with Gasteiger partial charge in [0, 0.05) is 56.9 Å². The summed E-state index contributed by atoms with van der Waals surface area (Å²) in [4.78, 5) is 55.0. The summed E-state index contributed by atoms with van der Waals surface area (Å²) in [7, 11) is 0. The molecule has 46 heavy (non-hydrogen) atoms. The van der Waals surface area contributed by atoms with Crippen molar-refractivity contribution in [2.24, 2.45) is 11.8 Å². The minimum Gasteiger partial charge on any atom is -0.481 e. The monoisotopic (exact) mass is 668 g/mol. The molecule has 3 aliphatic heterocycles. The molecule has 1 unspecified atom stereocenters. The van der Waals surface area contributed by atoms with Gasteiger partial charge in [0.25, 0.3) is 0 Å². The molecular weight excluding hydrogens is 629 g/mol. The first-order chi connectivity index (χ1) is 21.8. The molecule has 7 N–H and O–H groups in total. The second kappa shape index (κ2) is 13.6. The number of aromatic amines is 2. The average Bonchev–Trinajstić information content (AvgIpc) is 3.55. The van der Waals surface area contributed by atoms with Crippen LogP contribution in [0.5, 0.6) is 0 Å². The Bertz CT molecular complexity index is 1770. The molecule has 11 nitrogen and oxygen atoms in total. The number of hydrogen-bond acceptors (Lipinski definition) is 7. The summed E-state index contributed by atoms with van der Waals surface area (Å²) in [5.41, 5.74) is 5.51. The summed E-state index contributed by atoms with van der Waals surface area (Å²) >= 11 is 6.09. The first-order valence-electron chi connectivity index (χ1n) is 15.3. The molecule has 13 heteroatoms. The summed E-state index contributed by atoms with van der Waals surface area (Å²) in [5.74, 6) is -1.25. The molecule has 0 bridgehead atoms. The van der Waals surface area contributed by atoms with Crippen LogP contribution < -0.4 is 21.3 Å². The largest absolute Gasteiger partial charge is 0.481 e. The molecule has 2 aromatic heterocycles. The standard InChI is InChI=1S/C33H40N4O7S2/c1-14-18(5-7-26(38)39)23(34-21(14)11-22-17(4)28(25-13-46-25)33(44)36-22)12-24-19(6-8-27(40)41)15(2)29(35-24)31(42)30-20(9-10-45)16(3)32(43)37-30/h6,8,11-12,16,20,22,25,30-31,34-35,42,45H,5,7,9-10,13H2,1-4H3,(H,36,44)(H,37,43)(H,38,39)(H,40,41)/b8-6+,21-11-,23-12+/t16-,20-,22-,25-,30?,31+/m1/s1. The van der Waals surface area contributed by atoms with E-state index in [-0.39, 0.29) is 47.8 Å². The highest BCUT2D eigenvalue weighted by Crippen LogP contribution is 2.40. The summed E-state index contributed by atoms with van der Waals surface area (Å²) in [6, 6.07) is -0.868. The molecule has 0 aromatic carbocycles. The van der Waals surface area contributed by atoms with Gasteiger partial charge in [-0.1, -0.05) is 6.92 Å². The van der Waals surface area contributed by atoms with Gasteiger partial charge in [-0.2, -0.15) is 24.4 Å². The molecule has 0 saturated carbocycles. The van der Waals surface area contributed by atoms with E-state index < -0.39 is 24.1 Å². The zero-order chi connectivity index (χ0) is 33.4. The predicted octanol–water partition coefficient (Wildman–Crippen LogP) is 1.72. The zero-order valence-corrected chi connectivity index (χ0v) is 27.9. The summed E-state index contributed by atoms with van der Waals surface area (Å²) in [6.45, 7) is 7.46. The maximum absolute atomic E-state index is 12.7. The number of rotatable bonds is 12. The summed E-state index contributed by atoms with van der Waals surface area (Å²) < 4.78 is 0. The number of aliphatic carboxylic acids is 2. The second-order valence-corrected chi connectivity index (χ2v) is 13.9. The van der Waals surface area contributed by atoms with Crippen molar-refractivity contribution in [3.05, 3.63) is 61.6 Å². The number of hydrogen-bond donors (Lipinski definition) is 8. The molecule has 5 rings (SSSR count). The van der Waals surface area contributed by atoms with Gasteiger partial charge in [0.2, 0.25) is 11.8 Å². The lowest BCUT2D eigenvalue weighted by molar-refractivity contribution is -0.137. The predicted molar refractivity (Wildman–Crippen MR) is 180 cm³/mol. The van der Waals surface area contributed by atoms with Crippen molar-refractivity contribution >= 4 is 66.4 Å².